The monoisotopic (exact) mass is 360 g/mol. The predicted molar refractivity (Wildman–Crippen MR) is 93.8 cm³/mol. The molecule has 0 atom stereocenters. The molecule has 3 rings (SSSR count). The maximum absolute atomic E-state index is 12.3. The van der Waals surface area contributed by atoms with Crippen LogP contribution in [0.2, 0.25) is 5.02 Å². The highest BCUT2D eigenvalue weighted by Crippen LogP contribution is 2.28. The number of rotatable bonds is 3. The third-order valence-corrected chi connectivity index (χ3v) is 4.94. The summed E-state index contributed by atoms with van der Waals surface area (Å²) in [5.41, 5.74) is 2.08. The maximum atomic E-state index is 12.3. The Balaban J connectivity index is 2.18. The summed E-state index contributed by atoms with van der Waals surface area (Å²) in [6.45, 7) is 0. The summed E-state index contributed by atoms with van der Waals surface area (Å²) in [7, 11) is -3.29. The van der Waals surface area contributed by atoms with E-state index in [0.717, 1.165) is 11.8 Å². The molecule has 7 heteroatoms. The number of nitrogens with zero attached hydrogens (tertiary/aromatic N) is 1. The van der Waals surface area contributed by atoms with Gasteiger partial charge in [0.05, 0.1) is 22.3 Å². The van der Waals surface area contributed by atoms with Gasteiger partial charge in [-0.1, -0.05) is 35.9 Å². The summed E-state index contributed by atoms with van der Waals surface area (Å²) in [6.07, 6.45) is 2.33. The second-order valence-electron chi connectivity index (χ2n) is 5.29. The first-order valence-electron chi connectivity index (χ1n) is 7.00. The van der Waals surface area contributed by atoms with Crippen LogP contribution in [0, 0.1) is 0 Å². The molecule has 0 unspecified atom stereocenters. The summed E-state index contributed by atoms with van der Waals surface area (Å²) < 4.78 is 23.2. The minimum Gasteiger partial charge on any atom is -0.287 e. The molecule has 1 aromatic heterocycles. The van der Waals surface area contributed by atoms with E-state index < -0.39 is 9.84 Å². The number of sulfone groups is 1. The van der Waals surface area contributed by atoms with Gasteiger partial charge in [-0.05, 0) is 29.8 Å². The van der Waals surface area contributed by atoms with E-state index in [0.29, 0.717) is 21.8 Å². The van der Waals surface area contributed by atoms with Crippen molar-refractivity contribution in [2.45, 2.75) is 4.90 Å². The van der Waals surface area contributed by atoms with E-state index in [2.05, 4.69) is 10.2 Å². The van der Waals surface area contributed by atoms with Gasteiger partial charge in [-0.15, -0.1) is 0 Å². The molecule has 0 saturated carbocycles. The molecule has 0 aliphatic carbocycles. The molecule has 0 saturated heterocycles. The van der Waals surface area contributed by atoms with E-state index in [1.165, 1.54) is 18.3 Å². The third-order valence-electron chi connectivity index (χ3n) is 3.56. The van der Waals surface area contributed by atoms with Gasteiger partial charge in [0, 0.05) is 16.8 Å². The SMILES string of the molecule is CS(=O)(=O)c1ccc(-c2c(-c3ccc(Cl)cc3)[nH]ncc2=O)cc1. The summed E-state index contributed by atoms with van der Waals surface area (Å²) in [6, 6.07) is 13.2. The standard InChI is InChI=1S/C17H13ClN2O3S/c1-24(22,23)14-8-4-11(5-9-14)16-15(21)10-19-20-17(16)12-2-6-13(18)7-3-12/h2-10H,1H3,(H,20,21). The molecule has 5 nitrogen and oxygen atoms in total. The van der Waals surface area contributed by atoms with Crippen LogP contribution in [0.3, 0.4) is 0 Å². The van der Waals surface area contributed by atoms with Crippen molar-refractivity contribution >= 4 is 21.4 Å². The Morgan fingerprint density at radius 1 is 0.958 bits per heavy atom. The van der Waals surface area contributed by atoms with Crippen LogP contribution < -0.4 is 5.43 Å². The first-order chi connectivity index (χ1) is 11.4. The van der Waals surface area contributed by atoms with Crippen molar-refractivity contribution in [3.63, 3.8) is 0 Å². The van der Waals surface area contributed by atoms with Gasteiger partial charge in [-0.25, -0.2) is 8.42 Å². The second-order valence-corrected chi connectivity index (χ2v) is 7.74. The summed E-state index contributed by atoms with van der Waals surface area (Å²) in [4.78, 5) is 12.5. The number of hydrogen-bond acceptors (Lipinski definition) is 4. The average molecular weight is 361 g/mol. The van der Waals surface area contributed by atoms with Crippen molar-refractivity contribution in [1.29, 1.82) is 0 Å². The largest absolute Gasteiger partial charge is 0.287 e. The fraction of sp³-hybridized carbons (Fsp3) is 0.0588. The molecule has 0 aliphatic heterocycles. The Labute approximate surface area is 143 Å². The van der Waals surface area contributed by atoms with Crippen molar-refractivity contribution in [3.8, 4) is 22.4 Å². The molecule has 0 amide bonds. The van der Waals surface area contributed by atoms with Gasteiger partial charge in [0.1, 0.15) is 0 Å². The van der Waals surface area contributed by atoms with Crippen molar-refractivity contribution in [2.75, 3.05) is 6.26 Å². The van der Waals surface area contributed by atoms with Crippen molar-refractivity contribution in [3.05, 3.63) is 70.0 Å². The number of halogens is 1. The Morgan fingerprint density at radius 2 is 1.54 bits per heavy atom. The summed E-state index contributed by atoms with van der Waals surface area (Å²) in [5, 5.41) is 7.29. The highest BCUT2D eigenvalue weighted by Gasteiger charge is 2.14. The molecule has 0 radical (unpaired) electrons. The number of hydrogen-bond donors (Lipinski definition) is 1. The van der Waals surface area contributed by atoms with Crippen molar-refractivity contribution < 1.29 is 8.42 Å². The Hall–Kier alpha value is -2.44. The minimum atomic E-state index is -3.29. The second kappa shape index (κ2) is 6.22. The number of benzene rings is 2. The molecule has 1 N–H and O–H groups in total. The van der Waals surface area contributed by atoms with Gasteiger partial charge in [0.2, 0.25) is 5.43 Å². The van der Waals surface area contributed by atoms with E-state index >= 15 is 0 Å². The van der Waals surface area contributed by atoms with Gasteiger partial charge >= 0.3 is 0 Å². The van der Waals surface area contributed by atoms with Crippen LogP contribution in [0.15, 0.2) is 64.4 Å². The lowest BCUT2D eigenvalue weighted by atomic mass is 10.00. The molecule has 2 aromatic carbocycles. The minimum absolute atomic E-state index is 0.199. The van der Waals surface area contributed by atoms with Crippen LogP contribution in [0.5, 0.6) is 0 Å². The summed E-state index contributed by atoms with van der Waals surface area (Å²) >= 11 is 5.90. The van der Waals surface area contributed by atoms with E-state index in [1.807, 2.05) is 0 Å². The van der Waals surface area contributed by atoms with Gasteiger partial charge in [-0.2, -0.15) is 5.10 Å². The molecular formula is C17H13ClN2O3S. The zero-order valence-corrected chi connectivity index (χ0v) is 14.2. The highest BCUT2D eigenvalue weighted by molar-refractivity contribution is 7.90. The lowest BCUT2D eigenvalue weighted by molar-refractivity contribution is 0.602. The quantitative estimate of drug-likeness (QED) is 0.778. The van der Waals surface area contributed by atoms with Crippen LogP contribution in [-0.2, 0) is 9.84 Å². The number of aromatic nitrogens is 2. The summed E-state index contributed by atoms with van der Waals surface area (Å²) in [5.74, 6) is 0. The van der Waals surface area contributed by atoms with Crippen LogP contribution in [0.1, 0.15) is 0 Å². The first-order valence-corrected chi connectivity index (χ1v) is 9.27. The molecule has 0 bridgehead atoms. The van der Waals surface area contributed by atoms with E-state index in [4.69, 9.17) is 11.6 Å². The fourth-order valence-corrected chi connectivity index (χ4v) is 3.14. The van der Waals surface area contributed by atoms with E-state index in [-0.39, 0.29) is 10.3 Å². The zero-order chi connectivity index (χ0) is 17.3. The van der Waals surface area contributed by atoms with Gasteiger partial charge in [0.25, 0.3) is 0 Å². The molecule has 0 spiro atoms. The van der Waals surface area contributed by atoms with Gasteiger partial charge in [-0.3, -0.25) is 9.89 Å². The van der Waals surface area contributed by atoms with Crippen LogP contribution in [0.25, 0.3) is 22.4 Å². The van der Waals surface area contributed by atoms with E-state index in [1.54, 1.807) is 36.4 Å². The van der Waals surface area contributed by atoms with E-state index in [9.17, 15) is 13.2 Å². The average Bonchev–Trinajstić information content (AvgIpc) is 2.55. The Kier molecular flexibility index (Phi) is 4.26. The molecule has 0 aliphatic rings. The van der Waals surface area contributed by atoms with Crippen LogP contribution >= 0.6 is 11.6 Å². The van der Waals surface area contributed by atoms with Gasteiger partial charge < -0.3 is 0 Å². The molecular weight excluding hydrogens is 348 g/mol. The van der Waals surface area contributed by atoms with Crippen LogP contribution in [0.4, 0.5) is 0 Å². The third kappa shape index (κ3) is 3.25. The molecule has 3 aromatic rings. The van der Waals surface area contributed by atoms with Crippen LogP contribution in [-0.4, -0.2) is 24.9 Å². The zero-order valence-electron chi connectivity index (χ0n) is 12.7. The number of aromatic amines is 1. The number of H-pyrrole nitrogens is 1. The molecule has 0 fully saturated rings. The number of nitrogens with one attached hydrogen (secondary N) is 1. The lowest BCUT2D eigenvalue weighted by Gasteiger charge is -2.09. The van der Waals surface area contributed by atoms with Gasteiger partial charge in [0.15, 0.2) is 9.84 Å². The normalized spacial score (nSPS) is 11.4. The molecule has 122 valence electrons. The Bertz CT molecular complexity index is 1040. The fourth-order valence-electron chi connectivity index (χ4n) is 2.38. The van der Waals surface area contributed by atoms with Crippen molar-refractivity contribution in [2.24, 2.45) is 0 Å². The first kappa shape index (κ1) is 16.4. The highest BCUT2D eigenvalue weighted by atomic mass is 35.5. The van der Waals surface area contributed by atoms with Crippen molar-refractivity contribution in [1.82, 2.24) is 10.2 Å². The smallest absolute Gasteiger partial charge is 0.208 e. The molecule has 24 heavy (non-hydrogen) atoms. The molecule has 1 heterocycles. The Morgan fingerprint density at radius 3 is 2.12 bits per heavy atom. The predicted octanol–water partition coefficient (Wildman–Crippen LogP) is 3.16. The topological polar surface area (TPSA) is 79.9 Å². The lowest BCUT2D eigenvalue weighted by Crippen LogP contribution is -2.09. The maximum Gasteiger partial charge on any atom is 0.208 e.